The molecule has 15 heavy (non-hydrogen) atoms. The smallest absolute Gasteiger partial charge is 0.0101 e. The molecule has 0 saturated heterocycles. The Morgan fingerprint density at radius 2 is 2.13 bits per heavy atom. The lowest BCUT2D eigenvalue weighted by Gasteiger charge is -2.07. The maximum atomic E-state index is 5.54. The molecule has 0 aliphatic carbocycles. The van der Waals surface area contributed by atoms with Crippen LogP contribution in [0.4, 0.5) is 0 Å². The molecule has 1 rings (SSSR count). The number of rotatable bonds is 6. The molecule has 0 heterocycles. The van der Waals surface area contributed by atoms with Gasteiger partial charge in [0, 0.05) is 4.90 Å². The second kappa shape index (κ2) is 6.91. The van der Waals surface area contributed by atoms with Gasteiger partial charge in [0.2, 0.25) is 0 Å². The first-order chi connectivity index (χ1) is 7.27. The lowest BCUT2D eigenvalue weighted by Crippen LogP contribution is -2.02. The predicted molar refractivity (Wildman–Crippen MR) is 69.6 cm³/mol. The van der Waals surface area contributed by atoms with Crippen LogP contribution in [-0.2, 0) is 6.42 Å². The maximum Gasteiger partial charge on any atom is 0.0101 e. The van der Waals surface area contributed by atoms with Gasteiger partial charge in [-0.3, -0.25) is 0 Å². The lowest BCUT2D eigenvalue weighted by atomic mass is 10.1. The van der Waals surface area contributed by atoms with E-state index in [1.165, 1.54) is 34.6 Å². The van der Waals surface area contributed by atoms with E-state index in [4.69, 9.17) is 5.73 Å². The molecule has 1 aromatic carbocycles. The standard InChI is InChI=1S/C13H21NS/c1-3-4-9-15-13-6-5-12(7-8-14)10-11(13)2/h5-6,10H,3-4,7-9,14H2,1-2H3. The molecule has 1 aromatic rings. The van der Waals surface area contributed by atoms with Crippen LogP contribution in [0.3, 0.4) is 0 Å². The third-order valence-corrected chi connectivity index (χ3v) is 3.69. The van der Waals surface area contributed by atoms with E-state index in [2.05, 4.69) is 32.0 Å². The second-order valence-electron chi connectivity index (χ2n) is 3.84. The van der Waals surface area contributed by atoms with E-state index in [0.717, 1.165) is 13.0 Å². The summed E-state index contributed by atoms with van der Waals surface area (Å²) in [4.78, 5) is 1.42. The highest BCUT2D eigenvalue weighted by Gasteiger charge is 2.00. The van der Waals surface area contributed by atoms with Crippen LogP contribution in [0.1, 0.15) is 30.9 Å². The molecule has 0 aromatic heterocycles. The Balaban J connectivity index is 2.58. The van der Waals surface area contributed by atoms with Crippen molar-refractivity contribution >= 4 is 11.8 Å². The largest absolute Gasteiger partial charge is 0.330 e. The summed E-state index contributed by atoms with van der Waals surface area (Å²) in [6.45, 7) is 5.16. The Hall–Kier alpha value is -0.470. The summed E-state index contributed by atoms with van der Waals surface area (Å²) < 4.78 is 0. The first kappa shape index (κ1) is 12.6. The molecule has 0 saturated carbocycles. The molecule has 2 N–H and O–H groups in total. The molecule has 84 valence electrons. The maximum absolute atomic E-state index is 5.54. The number of benzene rings is 1. The zero-order chi connectivity index (χ0) is 11.1. The fourth-order valence-electron chi connectivity index (χ4n) is 1.52. The van der Waals surface area contributed by atoms with Crippen LogP contribution >= 0.6 is 11.8 Å². The van der Waals surface area contributed by atoms with Crippen molar-refractivity contribution in [2.24, 2.45) is 5.73 Å². The fourth-order valence-corrected chi connectivity index (χ4v) is 2.63. The molecule has 0 atom stereocenters. The highest BCUT2D eigenvalue weighted by Crippen LogP contribution is 2.24. The van der Waals surface area contributed by atoms with Gasteiger partial charge in [-0.2, -0.15) is 0 Å². The molecule has 0 amide bonds. The summed E-state index contributed by atoms with van der Waals surface area (Å²) in [5.41, 5.74) is 8.29. The molecule has 0 bridgehead atoms. The monoisotopic (exact) mass is 223 g/mol. The van der Waals surface area contributed by atoms with E-state index in [-0.39, 0.29) is 0 Å². The molecule has 0 spiro atoms. The SMILES string of the molecule is CCCCSc1ccc(CCN)cc1C. The molecule has 2 heteroatoms. The van der Waals surface area contributed by atoms with Crippen molar-refractivity contribution in [2.75, 3.05) is 12.3 Å². The van der Waals surface area contributed by atoms with Crippen LogP contribution < -0.4 is 5.73 Å². The number of nitrogens with two attached hydrogens (primary N) is 1. The van der Waals surface area contributed by atoms with Crippen LogP contribution in [0.25, 0.3) is 0 Å². The Labute approximate surface area is 97.4 Å². The van der Waals surface area contributed by atoms with Crippen LogP contribution in [0, 0.1) is 6.92 Å². The highest BCUT2D eigenvalue weighted by atomic mass is 32.2. The van der Waals surface area contributed by atoms with E-state index in [1.807, 2.05) is 11.8 Å². The number of thioether (sulfide) groups is 1. The molecule has 0 radical (unpaired) electrons. The molecule has 0 unspecified atom stereocenters. The first-order valence-corrected chi connectivity index (χ1v) is 6.69. The van der Waals surface area contributed by atoms with Crippen LogP contribution in [0.15, 0.2) is 23.1 Å². The molecule has 1 nitrogen and oxygen atoms in total. The minimum Gasteiger partial charge on any atom is -0.330 e. The molecule has 0 fully saturated rings. The van der Waals surface area contributed by atoms with Crippen molar-refractivity contribution in [1.82, 2.24) is 0 Å². The third kappa shape index (κ3) is 4.27. The predicted octanol–water partition coefficient (Wildman–Crippen LogP) is 3.39. The van der Waals surface area contributed by atoms with Crippen molar-refractivity contribution in [3.63, 3.8) is 0 Å². The Bertz CT molecular complexity index is 297. The Morgan fingerprint density at radius 3 is 2.73 bits per heavy atom. The van der Waals surface area contributed by atoms with Crippen LogP contribution in [-0.4, -0.2) is 12.3 Å². The van der Waals surface area contributed by atoms with E-state index < -0.39 is 0 Å². The van der Waals surface area contributed by atoms with E-state index in [9.17, 15) is 0 Å². The van der Waals surface area contributed by atoms with Crippen molar-refractivity contribution in [1.29, 1.82) is 0 Å². The zero-order valence-electron chi connectivity index (χ0n) is 9.75. The summed E-state index contributed by atoms with van der Waals surface area (Å²) in [6.07, 6.45) is 3.56. The number of hydrogen-bond donors (Lipinski definition) is 1. The van der Waals surface area contributed by atoms with Crippen molar-refractivity contribution in [3.05, 3.63) is 29.3 Å². The second-order valence-corrected chi connectivity index (χ2v) is 4.98. The fraction of sp³-hybridized carbons (Fsp3) is 0.538. The van der Waals surface area contributed by atoms with Gasteiger partial charge in [0.1, 0.15) is 0 Å². The summed E-state index contributed by atoms with van der Waals surface area (Å²) in [7, 11) is 0. The summed E-state index contributed by atoms with van der Waals surface area (Å²) in [5.74, 6) is 1.23. The summed E-state index contributed by atoms with van der Waals surface area (Å²) in [6, 6.07) is 6.70. The normalized spacial score (nSPS) is 10.6. The van der Waals surface area contributed by atoms with Gasteiger partial charge in [0.15, 0.2) is 0 Å². The average molecular weight is 223 g/mol. The summed E-state index contributed by atoms with van der Waals surface area (Å²) in [5, 5.41) is 0. The van der Waals surface area contributed by atoms with E-state index in [1.54, 1.807) is 0 Å². The van der Waals surface area contributed by atoms with Gasteiger partial charge in [-0.1, -0.05) is 25.5 Å². The minimum absolute atomic E-state index is 0.738. The van der Waals surface area contributed by atoms with Gasteiger partial charge >= 0.3 is 0 Å². The van der Waals surface area contributed by atoms with Gasteiger partial charge in [0.05, 0.1) is 0 Å². The number of hydrogen-bond acceptors (Lipinski definition) is 2. The third-order valence-electron chi connectivity index (χ3n) is 2.43. The van der Waals surface area contributed by atoms with Crippen molar-refractivity contribution < 1.29 is 0 Å². The number of unbranched alkanes of at least 4 members (excludes halogenated alkanes) is 1. The number of aryl methyl sites for hydroxylation is 1. The van der Waals surface area contributed by atoms with E-state index >= 15 is 0 Å². The minimum atomic E-state index is 0.738. The zero-order valence-corrected chi connectivity index (χ0v) is 10.6. The van der Waals surface area contributed by atoms with Crippen LogP contribution in [0.5, 0.6) is 0 Å². The quantitative estimate of drug-likeness (QED) is 0.591. The first-order valence-electron chi connectivity index (χ1n) is 5.70. The van der Waals surface area contributed by atoms with Gasteiger partial charge in [-0.25, -0.2) is 0 Å². The molecule has 0 aliphatic rings. The topological polar surface area (TPSA) is 26.0 Å². The summed E-state index contributed by atoms with van der Waals surface area (Å²) >= 11 is 1.97. The Kier molecular flexibility index (Phi) is 5.81. The van der Waals surface area contributed by atoms with E-state index in [0.29, 0.717) is 0 Å². The lowest BCUT2D eigenvalue weighted by molar-refractivity contribution is 0.895. The van der Waals surface area contributed by atoms with Gasteiger partial charge < -0.3 is 5.73 Å². The Morgan fingerprint density at radius 1 is 1.33 bits per heavy atom. The molecular formula is C13H21NS. The van der Waals surface area contributed by atoms with Crippen LogP contribution in [0.2, 0.25) is 0 Å². The average Bonchev–Trinajstić information content (AvgIpc) is 2.22. The highest BCUT2D eigenvalue weighted by molar-refractivity contribution is 7.99. The van der Waals surface area contributed by atoms with Crippen molar-refractivity contribution in [2.45, 2.75) is 38.0 Å². The van der Waals surface area contributed by atoms with Gasteiger partial charge in [-0.05, 0) is 49.3 Å². The van der Waals surface area contributed by atoms with Crippen molar-refractivity contribution in [3.8, 4) is 0 Å². The van der Waals surface area contributed by atoms with Gasteiger partial charge in [-0.15, -0.1) is 11.8 Å². The molecule has 0 aliphatic heterocycles. The molecular weight excluding hydrogens is 202 g/mol. The van der Waals surface area contributed by atoms with Gasteiger partial charge in [0.25, 0.3) is 0 Å².